The Labute approximate surface area is 204 Å². The molecule has 0 aliphatic carbocycles. The van der Waals surface area contributed by atoms with Crippen molar-refractivity contribution in [1.29, 1.82) is 0 Å². The number of carboxylic acid groups (broad SMARTS) is 1. The van der Waals surface area contributed by atoms with E-state index in [1.54, 1.807) is 24.3 Å². The first kappa shape index (κ1) is 25.8. The van der Waals surface area contributed by atoms with Gasteiger partial charge in [-0.05, 0) is 29.3 Å². The van der Waals surface area contributed by atoms with Gasteiger partial charge in [-0.2, -0.15) is 5.10 Å². The van der Waals surface area contributed by atoms with Crippen molar-refractivity contribution < 1.29 is 29.0 Å². The normalized spacial score (nSPS) is 11.8. The second-order valence-corrected chi connectivity index (χ2v) is 8.30. The SMILES string of the molecule is CN(C)C(=O)c1cc(C(=O)NN(Cc2ccc(-c3cc(Cl)ccc3F)cc2)CC(O)C(=O)O)[nH]n1. The maximum absolute atomic E-state index is 14.2. The van der Waals surface area contributed by atoms with Gasteiger partial charge in [0.1, 0.15) is 11.5 Å². The average Bonchev–Trinajstić information content (AvgIpc) is 3.31. The first-order valence-corrected chi connectivity index (χ1v) is 10.7. The van der Waals surface area contributed by atoms with Crippen LogP contribution < -0.4 is 5.43 Å². The number of aromatic amines is 1. The maximum atomic E-state index is 14.2. The van der Waals surface area contributed by atoms with Crippen LogP contribution in [0.1, 0.15) is 26.5 Å². The Balaban J connectivity index is 1.77. The molecule has 0 saturated carbocycles. The van der Waals surface area contributed by atoms with Gasteiger partial charge >= 0.3 is 5.97 Å². The van der Waals surface area contributed by atoms with E-state index in [0.29, 0.717) is 21.7 Å². The lowest BCUT2D eigenvalue weighted by Gasteiger charge is -2.24. The zero-order valence-electron chi connectivity index (χ0n) is 18.8. The number of hydrazine groups is 1. The highest BCUT2D eigenvalue weighted by Gasteiger charge is 2.22. The van der Waals surface area contributed by atoms with Crippen LogP contribution >= 0.6 is 11.6 Å². The Morgan fingerprint density at radius 2 is 1.83 bits per heavy atom. The highest BCUT2D eigenvalue weighted by atomic mass is 35.5. The lowest BCUT2D eigenvalue weighted by molar-refractivity contribution is -0.148. The molecule has 4 N–H and O–H groups in total. The summed E-state index contributed by atoms with van der Waals surface area (Å²) in [5.41, 5.74) is 4.04. The summed E-state index contributed by atoms with van der Waals surface area (Å²) in [6.45, 7) is -0.407. The number of nitrogens with zero attached hydrogens (tertiary/aromatic N) is 3. The van der Waals surface area contributed by atoms with E-state index >= 15 is 0 Å². The van der Waals surface area contributed by atoms with Crippen molar-refractivity contribution in [3.05, 3.63) is 76.3 Å². The molecule has 2 aromatic carbocycles. The molecule has 3 rings (SSSR count). The van der Waals surface area contributed by atoms with E-state index in [-0.39, 0.29) is 17.9 Å². The van der Waals surface area contributed by atoms with Crippen molar-refractivity contribution in [3.63, 3.8) is 0 Å². The van der Waals surface area contributed by atoms with Gasteiger partial charge in [0, 0.05) is 37.3 Å². The van der Waals surface area contributed by atoms with Crippen LogP contribution in [0.25, 0.3) is 11.1 Å². The van der Waals surface area contributed by atoms with Crippen molar-refractivity contribution in [1.82, 2.24) is 25.5 Å². The topological polar surface area (TPSA) is 139 Å². The number of aliphatic hydroxyl groups is 1. The molecule has 2 amide bonds. The smallest absolute Gasteiger partial charge is 0.333 e. The van der Waals surface area contributed by atoms with Crippen LogP contribution in [0, 0.1) is 5.82 Å². The van der Waals surface area contributed by atoms with Gasteiger partial charge in [-0.25, -0.2) is 14.2 Å². The number of benzene rings is 2. The van der Waals surface area contributed by atoms with Crippen LogP contribution in [-0.2, 0) is 11.3 Å². The molecule has 0 bridgehead atoms. The number of aliphatic hydroxyl groups excluding tert-OH is 1. The Morgan fingerprint density at radius 3 is 2.46 bits per heavy atom. The largest absolute Gasteiger partial charge is 0.479 e. The molecule has 0 saturated heterocycles. The van der Waals surface area contributed by atoms with Gasteiger partial charge in [-0.1, -0.05) is 35.9 Å². The van der Waals surface area contributed by atoms with E-state index < -0.39 is 36.2 Å². The lowest BCUT2D eigenvalue weighted by atomic mass is 10.0. The minimum Gasteiger partial charge on any atom is -0.479 e. The minimum atomic E-state index is -1.78. The molecule has 0 radical (unpaired) electrons. The fraction of sp³-hybridized carbons (Fsp3) is 0.217. The van der Waals surface area contributed by atoms with Crippen LogP contribution in [0.2, 0.25) is 5.02 Å². The monoisotopic (exact) mass is 503 g/mol. The molecule has 184 valence electrons. The summed E-state index contributed by atoms with van der Waals surface area (Å²) in [4.78, 5) is 37.1. The number of hydrogen-bond donors (Lipinski definition) is 4. The van der Waals surface area contributed by atoms with Gasteiger partial charge in [0.25, 0.3) is 11.8 Å². The third-order valence-corrected chi connectivity index (χ3v) is 5.19. The van der Waals surface area contributed by atoms with Crippen molar-refractivity contribution in [2.75, 3.05) is 20.6 Å². The highest BCUT2D eigenvalue weighted by Crippen LogP contribution is 2.26. The van der Waals surface area contributed by atoms with Crippen LogP contribution in [0.4, 0.5) is 4.39 Å². The average molecular weight is 504 g/mol. The minimum absolute atomic E-state index is 0.0199. The molecule has 3 aromatic rings. The van der Waals surface area contributed by atoms with Crippen LogP contribution in [0.15, 0.2) is 48.5 Å². The van der Waals surface area contributed by atoms with E-state index in [2.05, 4.69) is 15.6 Å². The molecule has 1 aromatic heterocycles. The Morgan fingerprint density at radius 1 is 1.14 bits per heavy atom. The van der Waals surface area contributed by atoms with E-state index in [4.69, 9.17) is 16.7 Å². The third kappa shape index (κ3) is 6.63. The molecular weight excluding hydrogens is 481 g/mol. The van der Waals surface area contributed by atoms with Crippen molar-refractivity contribution >= 4 is 29.4 Å². The molecule has 0 aliphatic heterocycles. The van der Waals surface area contributed by atoms with Crippen molar-refractivity contribution in [3.8, 4) is 11.1 Å². The number of amides is 2. The maximum Gasteiger partial charge on any atom is 0.333 e. The number of aliphatic carboxylic acids is 1. The van der Waals surface area contributed by atoms with Gasteiger partial charge in [0.05, 0.1) is 6.54 Å². The van der Waals surface area contributed by atoms with E-state index in [1.165, 1.54) is 48.3 Å². The lowest BCUT2D eigenvalue weighted by Crippen LogP contribution is -2.47. The number of halogens is 2. The van der Waals surface area contributed by atoms with Gasteiger partial charge < -0.3 is 15.1 Å². The Hall–Kier alpha value is -3.80. The molecule has 12 heteroatoms. The summed E-state index contributed by atoms with van der Waals surface area (Å²) in [6.07, 6.45) is -1.78. The first-order chi connectivity index (χ1) is 16.5. The predicted octanol–water partition coefficient (Wildman–Crippen LogP) is 2.16. The summed E-state index contributed by atoms with van der Waals surface area (Å²) < 4.78 is 14.2. The van der Waals surface area contributed by atoms with Crippen molar-refractivity contribution in [2.24, 2.45) is 0 Å². The summed E-state index contributed by atoms with van der Waals surface area (Å²) in [5, 5.41) is 26.8. The summed E-state index contributed by atoms with van der Waals surface area (Å²) in [5.74, 6) is -3.00. The fourth-order valence-corrected chi connectivity index (χ4v) is 3.32. The van der Waals surface area contributed by atoms with Crippen molar-refractivity contribution in [2.45, 2.75) is 12.6 Å². The van der Waals surface area contributed by atoms with Gasteiger partial charge in [-0.3, -0.25) is 20.1 Å². The molecule has 0 spiro atoms. The zero-order valence-corrected chi connectivity index (χ0v) is 19.6. The van der Waals surface area contributed by atoms with Crippen LogP contribution in [-0.4, -0.2) is 74.8 Å². The molecule has 0 aliphatic rings. The molecule has 1 heterocycles. The molecule has 1 unspecified atom stereocenters. The van der Waals surface area contributed by atoms with Crippen LogP contribution in [0.5, 0.6) is 0 Å². The number of H-pyrrole nitrogens is 1. The second-order valence-electron chi connectivity index (χ2n) is 7.86. The molecular formula is C23H23ClFN5O5. The Bertz CT molecular complexity index is 1230. The van der Waals surface area contributed by atoms with Gasteiger partial charge in [-0.15, -0.1) is 0 Å². The number of carbonyl (C=O) groups is 3. The van der Waals surface area contributed by atoms with E-state index in [9.17, 15) is 23.9 Å². The highest BCUT2D eigenvalue weighted by molar-refractivity contribution is 6.30. The quantitative estimate of drug-likeness (QED) is 0.328. The van der Waals surface area contributed by atoms with Gasteiger partial charge in [0.2, 0.25) is 0 Å². The number of carboxylic acids is 1. The number of carbonyl (C=O) groups excluding carboxylic acids is 2. The molecule has 35 heavy (non-hydrogen) atoms. The molecule has 0 fully saturated rings. The number of nitrogens with one attached hydrogen (secondary N) is 2. The standard InChI is InChI=1S/C23H23ClFN5O5/c1-29(2)22(33)19-10-18(26-27-19)21(32)28-30(12-20(31)23(34)35)11-13-3-5-14(6-4-13)16-9-15(24)7-8-17(16)25/h3-10,20,31H,11-12H2,1-2H3,(H,26,27)(H,28,32)(H,34,35). The zero-order chi connectivity index (χ0) is 25.7. The van der Waals surface area contributed by atoms with E-state index in [0.717, 1.165) is 0 Å². The fourth-order valence-electron chi connectivity index (χ4n) is 3.15. The predicted molar refractivity (Wildman–Crippen MR) is 125 cm³/mol. The summed E-state index contributed by atoms with van der Waals surface area (Å²) in [7, 11) is 3.08. The third-order valence-electron chi connectivity index (χ3n) is 4.95. The second kappa shape index (κ2) is 11.1. The van der Waals surface area contributed by atoms with Gasteiger partial charge in [0.15, 0.2) is 11.8 Å². The van der Waals surface area contributed by atoms with Crippen LogP contribution in [0.3, 0.4) is 0 Å². The number of hydrogen-bond acceptors (Lipinski definition) is 6. The van der Waals surface area contributed by atoms with E-state index in [1.807, 2.05) is 0 Å². The summed E-state index contributed by atoms with van der Waals surface area (Å²) in [6, 6.07) is 12.1. The summed E-state index contributed by atoms with van der Waals surface area (Å²) >= 11 is 5.96. The molecule has 1 atom stereocenters. The number of rotatable bonds is 9. The molecule has 10 nitrogen and oxygen atoms in total. The first-order valence-electron chi connectivity index (χ1n) is 10.3. The number of aromatic nitrogens is 2. The Kier molecular flexibility index (Phi) is 8.18.